The molecule has 0 bridgehead atoms. The number of hydrogen-bond donors (Lipinski definition) is 4. The lowest BCUT2D eigenvalue weighted by Gasteiger charge is -2.22. The van der Waals surface area contributed by atoms with Crippen molar-refractivity contribution >= 4 is 29.7 Å². The molecule has 208 valence electrons. The van der Waals surface area contributed by atoms with Gasteiger partial charge in [-0.3, -0.25) is 20.2 Å². The lowest BCUT2D eigenvalue weighted by atomic mass is 9.90. The van der Waals surface area contributed by atoms with Crippen molar-refractivity contribution in [2.24, 2.45) is 16.6 Å². The van der Waals surface area contributed by atoms with Gasteiger partial charge in [-0.25, -0.2) is 4.99 Å². The van der Waals surface area contributed by atoms with E-state index >= 15 is 0 Å². The van der Waals surface area contributed by atoms with Crippen molar-refractivity contribution in [3.05, 3.63) is 81.7 Å². The number of hydroxylamine groups is 1. The van der Waals surface area contributed by atoms with Crippen LogP contribution >= 0.6 is 11.6 Å². The number of carbonyl (C=O) groups is 2. The Bertz CT molecular complexity index is 1060. The van der Waals surface area contributed by atoms with E-state index in [4.69, 9.17) is 22.4 Å². The fourth-order valence-corrected chi connectivity index (χ4v) is 3.89. The average Bonchev–Trinajstić information content (AvgIpc) is 2.89. The summed E-state index contributed by atoms with van der Waals surface area (Å²) in [6.07, 6.45) is 9.90. The second kappa shape index (κ2) is 17.3. The molecule has 1 amide bonds. The number of amides is 1. The third kappa shape index (κ3) is 12.4. The third-order valence-electron chi connectivity index (χ3n) is 6.20. The molecule has 0 heterocycles. The first-order chi connectivity index (χ1) is 18.0. The number of rotatable bonds is 11. The summed E-state index contributed by atoms with van der Waals surface area (Å²) in [5.41, 5.74) is 14.1. The van der Waals surface area contributed by atoms with E-state index in [0.29, 0.717) is 47.1 Å². The van der Waals surface area contributed by atoms with Crippen molar-refractivity contribution in [1.29, 1.82) is 0 Å². The van der Waals surface area contributed by atoms with Crippen LogP contribution in [0.25, 0.3) is 0 Å². The zero-order valence-electron chi connectivity index (χ0n) is 22.8. The zero-order chi connectivity index (χ0) is 28.7. The summed E-state index contributed by atoms with van der Waals surface area (Å²) in [7, 11) is 0. The van der Waals surface area contributed by atoms with E-state index in [1.807, 2.05) is 44.2 Å². The van der Waals surface area contributed by atoms with Gasteiger partial charge in [0.05, 0.1) is 17.3 Å². The highest BCUT2D eigenvalue weighted by Crippen LogP contribution is 2.23. The monoisotopic (exact) mass is 544 g/mol. The number of aliphatic carboxylic acids is 1. The van der Waals surface area contributed by atoms with E-state index in [1.165, 1.54) is 6.42 Å². The molecule has 8 nitrogen and oxygen atoms in total. The SMILES string of the molecule is C=C(C)C(\C=C/C(C)=C(C)\C(NN(O)CCc1ccc(Cl)cc1)=C(\C)N)=NC=O.O=C(O)C1CCCCC1. The number of hydrogen-bond acceptors (Lipinski definition) is 6. The van der Waals surface area contributed by atoms with Gasteiger partial charge in [0, 0.05) is 17.3 Å². The van der Waals surface area contributed by atoms with Crippen LogP contribution in [0.3, 0.4) is 0 Å². The van der Waals surface area contributed by atoms with Crippen LogP contribution in [0, 0.1) is 5.92 Å². The normalized spacial score (nSPS) is 15.8. The molecule has 9 heteroatoms. The molecular weight excluding hydrogens is 504 g/mol. The summed E-state index contributed by atoms with van der Waals surface area (Å²) in [6.45, 7) is 11.5. The Morgan fingerprint density at radius 3 is 2.24 bits per heavy atom. The number of carboxylic acids is 1. The lowest BCUT2D eigenvalue weighted by molar-refractivity contribution is -0.142. The van der Waals surface area contributed by atoms with Crippen LogP contribution in [-0.4, -0.2) is 40.1 Å². The number of nitrogens with zero attached hydrogens (tertiary/aromatic N) is 2. The van der Waals surface area contributed by atoms with Crippen molar-refractivity contribution in [2.75, 3.05) is 6.54 Å². The first-order valence-electron chi connectivity index (χ1n) is 12.7. The number of benzene rings is 1. The zero-order valence-corrected chi connectivity index (χ0v) is 23.6. The second-order valence-electron chi connectivity index (χ2n) is 9.38. The maximum atomic E-state index is 10.6. The fraction of sp³-hybridized carbons (Fsp3) is 0.414. The number of aliphatic imine (C=N–C) groups is 1. The molecule has 0 unspecified atom stereocenters. The highest BCUT2D eigenvalue weighted by molar-refractivity contribution is 6.30. The van der Waals surface area contributed by atoms with Gasteiger partial charge in [0.25, 0.3) is 0 Å². The van der Waals surface area contributed by atoms with Gasteiger partial charge in [0.1, 0.15) is 0 Å². The van der Waals surface area contributed by atoms with Gasteiger partial charge in [0.15, 0.2) is 0 Å². The van der Waals surface area contributed by atoms with Crippen LogP contribution in [0.15, 0.2) is 76.1 Å². The molecule has 1 fully saturated rings. The van der Waals surface area contributed by atoms with E-state index < -0.39 is 5.97 Å². The molecule has 0 atom stereocenters. The van der Waals surface area contributed by atoms with Crippen LogP contribution in [-0.2, 0) is 16.0 Å². The van der Waals surface area contributed by atoms with Gasteiger partial charge in [-0.1, -0.05) is 55.7 Å². The van der Waals surface area contributed by atoms with Crippen LogP contribution in [0.4, 0.5) is 0 Å². The number of carboxylic acid groups (broad SMARTS) is 1. The summed E-state index contributed by atoms with van der Waals surface area (Å²) in [6, 6.07) is 7.47. The summed E-state index contributed by atoms with van der Waals surface area (Å²) < 4.78 is 0. The van der Waals surface area contributed by atoms with Crippen LogP contribution < -0.4 is 11.2 Å². The lowest BCUT2D eigenvalue weighted by Crippen LogP contribution is -2.37. The highest BCUT2D eigenvalue weighted by atomic mass is 35.5. The van der Waals surface area contributed by atoms with E-state index in [2.05, 4.69) is 17.0 Å². The minimum Gasteiger partial charge on any atom is -0.481 e. The predicted octanol–water partition coefficient (Wildman–Crippen LogP) is 5.99. The van der Waals surface area contributed by atoms with E-state index in [-0.39, 0.29) is 5.92 Å². The minimum atomic E-state index is -0.602. The minimum absolute atomic E-state index is 0.0289. The molecular formula is C29H41ClN4O4. The van der Waals surface area contributed by atoms with Gasteiger partial charge >= 0.3 is 5.97 Å². The standard InChI is InChI=1S/C22H29ClN4O2.C7H12O2/c1-15(2)21(25-14-28)11-6-16(3)17(4)22(18(5)24)26-27(29)13-12-19-7-9-20(23)10-8-19;8-7(9)6-4-2-1-3-5-6/h6-11,14,26,29H,1,12-13,24H2,2-5H3;6H,1-5H2,(H,8,9)/b11-6-,17-16-,22-18+,25-21?;. The van der Waals surface area contributed by atoms with E-state index in [1.54, 1.807) is 19.9 Å². The van der Waals surface area contributed by atoms with Crippen LogP contribution in [0.2, 0.25) is 5.02 Å². The fourth-order valence-electron chi connectivity index (χ4n) is 3.77. The number of hydrazine groups is 1. The average molecular weight is 545 g/mol. The second-order valence-corrected chi connectivity index (χ2v) is 9.82. The molecule has 0 spiro atoms. The van der Waals surface area contributed by atoms with Gasteiger partial charge < -0.3 is 10.8 Å². The molecule has 5 N–H and O–H groups in total. The van der Waals surface area contributed by atoms with E-state index in [0.717, 1.165) is 47.6 Å². The third-order valence-corrected chi connectivity index (χ3v) is 6.45. The summed E-state index contributed by atoms with van der Waals surface area (Å²) in [5.74, 6) is -0.631. The smallest absolute Gasteiger partial charge is 0.306 e. The molecule has 38 heavy (non-hydrogen) atoms. The maximum Gasteiger partial charge on any atom is 0.306 e. The molecule has 1 aliphatic rings. The van der Waals surface area contributed by atoms with Gasteiger partial charge in [0.2, 0.25) is 6.41 Å². The Morgan fingerprint density at radius 1 is 1.16 bits per heavy atom. The van der Waals surface area contributed by atoms with Crippen molar-refractivity contribution in [1.82, 2.24) is 10.6 Å². The molecule has 0 saturated heterocycles. The molecule has 1 aromatic carbocycles. The first-order valence-corrected chi connectivity index (χ1v) is 13.0. The van der Waals surface area contributed by atoms with Crippen molar-refractivity contribution in [2.45, 2.75) is 66.2 Å². The quantitative estimate of drug-likeness (QED) is 0.117. The molecule has 0 radical (unpaired) electrons. The highest BCUT2D eigenvalue weighted by Gasteiger charge is 2.19. The Balaban J connectivity index is 0.000000671. The maximum absolute atomic E-state index is 10.6. The number of carbonyl (C=O) groups excluding carboxylic acids is 1. The topological polar surface area (TPSA) is 128 Å². The first kappa shape index (κ1) is 32.8. The van der Waals surface area contributed by atoms with Crippen molar-refractivity contribution < 1.29 is 19.9 Å². The van der Waals surface area contributed by atoms with E-state index in [9.17, 15) is 14.8 Å². The molecule has 1 saturated carbocycles. The molecule has 1 aliphatic carbocycles. The largest absolute Gasteiger partial charge is 0.481 e. The van der Waals surface area contributed by atoms with Crippen LogP contribution in [0.1, 0.15) is 65.4 Å². The number of allylic oxidation sites excluding steroid dienone is 6. The Labute approximate surface area is 231 Å². The number of nitrogens with one attached hydrogen (secondary N) is 1. The Morgan fingerprint density at radius 2 is 1.76 bits per heavy atom. The van der Waals surface area contributed by atoms with Crippen LogP contribution in [0.5, 0.6) is 0 Å². The predicted molar refractivity (Wildman–Crippen MR) is 154 cm³/mol. The number of halogens is 1. The molecule has 1 aromatic rings. The Hall–Kier alpha value is -3.20. The summed E-state index contributed by atoms with van der Waals surface area (Å²) in [5, 5.41) is 20.5. The Kier molecular flexibility index (Phi) is 15.0. The van der Waals surface area contributed by atoms with Crippen molar-refractivity contribution in [3.8, 4) is 0 Å². The molecule has 0 aromatic heterocycles. The number of nitrogens with two attached hydrogens (primary N) is 1. The molecule has 2 rings (SSSR count). The summed E-state index contributed by atoms with van der Waals surface area (Å²) >= 11 is 5.89. The van der Waals surface area contributed by atoms with Gasteiger partial charge in [-0.05, 0) is 87.4 Å². The summed E-state index contributed by atoms with van der Waals surface area (Å²) in [4.78, 5) is 24.8. The van der Waals surface area contributed by atoms with Crippen molar-refractivity contribution in [3.63, 3.8) is 0 Å². The molecule has 0 aliphatic heterocycles. The van der Waals surface area contributed by atoms with Gasteiger partial charge in [-0.15, -0.1) is 5.17 Å². The van der Waals surface area contributed by atoms with Gasteiger partial charge in [-0.2, -0.15) is 0 Å².